The van der Waals surface area contributed by atoms with E-state index in [0.717, 1.165) is 41.5 Å². The van der Waals surface area contributed by atoms with Crippen molar-refractivity contribution in [3.8, 4) is 11.5 Å². The normalized spacial score (nSPS) is 15.8. The van der Waals surface area contributed by atoms with Crippen molar-refractivity contribution in [2.24, 2.45) is 4.99 Å². The predicted octanol–water partition coefficient (Wildman–Crippen LogP) is 2.32. The highest BCUT2D eigenvalue weighted by Gasteiger charge is 2.21. The number of aromatic nitrogens is 3. The first-order valence-corrected chi connectivity index (χ1v) is 9.85. The fraction of sp³-hybridized carbons (Fsp3) is 0.381. The maximum absolute atomic E-state index is 5.89. The van der Waals surface area contributed by atoms with Gasteiger partial charge in [-0.05, 0) is 38.1 Å². The van der Waals surface area contributed by atoms with Crippen LogP contribution < -0.4 is 20.1 Å². The molecule has 0 amide bonds. The topological polar surface area (TPSA) is 85.1 Å². The predicted molar refractivity (Wildman–Crippen MR) is 111 cm³/mol. The Morgan fingerprint density at radius 1 is 1.31 bits per heavy atom. The molecule has 0 spiro atoms. The molecule has 2 aromatic heterocycles. The molecule has 0 bridgehead atoms. The molecule has 1 unspecified atom stereocenters. The second-order valence-electron chi connectivity index (χ2n) is 7.00. The summed E-state index contributed by atoms with van der Waals surface area (Å²) in [6.07, 6.45) is 3.06. The average molecular weight is 394 g/mol. The standard InChI is InChI=1S/C21H26N6O2/c1-4-22-21(24-13-20-26-25-19-7-5-6-8-27(19)20)23-12-16-11-18-15(9-14(2)29-18)10-17(16)28-3/h5-8,10-11,14H,4,9,12-13H2,1-3H3,(H2,22,23,24). The number of guanidine groups is 1. The van der Waals surface area contributed by atoms with E-state index in [-0.39, 0.29) is 6.10 Å². The van der Waals surface area contributed by atoms with Crippen LogP contribution >= 0.6 is 0 Å². The van der Waals surface area contributed by atoms with Gasteiger partial charge in [0.1, 0.15) is 17.6 Å². The number of benzene rings is 1. The maximum atomic E-state index is 5.89. The molecule has 8 heteroatoms. The van der Waals surface area contributed by atoms with E-state index in [1.54, 1.807) is 7.11 Å². The molecule has 4 rings (SSSR count). The van der Waals surface area contributed by atoms with Gasteiger partial charge in [-0.1, -0.05) is 6.07 Å². The quantitative estimate of drug-likeness (QED) is 0.493. The largest absolute Gasteiger partial charge is 0.496 e. The van der Waals surface area contributed by atoms with Gasteiger partial charge in [0.05, 0.1) is 20.2 Å². The van der Waals surface area contributed by atoms with Crippen molar-refractivity contribution < 1.29 is 9.47 Å². The highest BCUT2D eigenvalue weighted by Crippen LogP contribution is 2.35. The van der Waals surface area contributed by atoms with Gasteiger partial charge in [0.2, 0.25) is 0 Å². The van der Waals surface area contributed by atoms with Crippen molar-refractivity contribution in [3.05, 3.63) is 53.5 Å². The molecular formula is C21H26N6O2. The van der Waals surface area contributed by atoms with Crippen LogP contribution in [0.5, 0.6) is 11.5 Å². The summed E-state index contributed by atoms with van der Waals surface area (Å²) in [6, 6.07) is 9.94. The molecule has 3 aromatic rings. The van der Waals surface area contributed by atoms with Gasteiger partial charge in [-0.3, -0.25) is 4.40 Å². The van der Waals surface area contributed by atoms with E-state index in [0.29, 0.717) is 19.0 Å². The molecule has 1 atom stereocenters. The third kappa shape index (κ3) is 4.11. The summed E-state index contributed by atoms with van der Waals surface area (Å²) in [6.45, 7) is 5.86. The number of pyridine rings is 1. The molecule has 29 heavy (non-hydrogen) atoms. The Labute approximate surface area is 170 Å². The summed E-state index contributed by atoms with van der Waals surface area (Å²) >= 11 is 0. The SMILES string of the molecule is CCNC(=NCc1cc2c(cc1OC)CC(C)O2)NCc1nnc2ccccn12. The lowest BCUT2D eigenvalue weighted by Crippen LogP contribution is -2.37. The lowest BCUT2D eigenvalue weighted by Gasteiger charge is -2.13. The molecule has 3 heterocycles. The first kappa shape index (κ1) is 19.0. The zero-order chi connectivity index (χ0) is 20.2. The molecule has 152 valence electrons. The van der Waals surface area contributed by atoms with Crippen molar-refractivity contribution in [3.63, 3.8) is 0 Å². The van der Waals surface area contributed by atoms with Crippen LogP contribution in [0.4, 0.5) is 0 Å². The number of hydrogen-bond acceptors (Lipinski definition) is 5. The Balaban J connectivity index is 1.49. The molecule has 0 fully saturated rings. The van der Waals surface area contributed by atoms with E-state index >= 15 is 0 Å². The van der Waals surface area contributed by atoms with E-state index in [1.807, 2.05) is 41.8 Å². The fourth-order valence-electron chi connectivity index (χ4n) is 3.48. The van der Waals surface area contributed by atoms with Crippen LogP contribution in [-0.2, 0) is 19.5 Å². The maximum Gasteiger partial charge on any atom is 0.191 e. The first-order valence-electron chi connectivity index (χ1n) is 9.85. The fourth-order valence-corrected chi connectivity index (χ4v) is 3.48. The molecule has 1 aromatic carbocycles. The third-order valence-electron chi connectivity index (χ3n) is 4.85. The van der Waals surface area contributed by atoms with Crippen molar-refractivity contribution in [2.75, 3.05) is 13.7 Å². The van der Waals surface area contributed by atoms with Crippen LogP contribution in [-0.4, -0.2) is 40.3 Å². The lowest BCUT2D eigenvalue weighted by molar-refractivity contribution is 0.254. The van der Waals surface area contributed by atoms with Crippen molar-refractivity contribution >= 4 is 11.6 Å². The second kappa shape index (κ2) is 8.38. The van der Waals surface area contributed by atoms with Gasteiger partial charge >= 0.3 is 0 Å². The molecule has 2 N–H and O–H groups in total. The van der Waals surface area contributed by atoms with Gasteiger partial charge in [0.15, 0.2) is 17.4 Å². The van der Waals surface area contributed by atoms with E-state index in [1.165, 1.54) is 5.56 Å². The van der Waals surface area contributed by atoms with Crippen LogP contribution in [0.15, 0.2) is 41.5 Å². The minimum absolute atomic E-state index is 0.199. The number of nitrogens with one attached hydrogen (secondary N) is 2. The molecule has 0 saturated carbocycles. The number of nitrogens with zero attached hydrogens (tertiary/aromatic N) is 4. The lowest BCUT2D eigenvalue weighted by atomic mass is 10.1. The molecular weight excluding hydrogens is 368 g/mol. The Hall–Kier alpha value is -3.29. The summed E-state index contributed by atoms with van der Waals surface area (Å²) in [5, 5.41) is 15.0. The number of fused-ring (bicyclic) bond motifs is 2. The zero-order valence-corrected chi connectivity index (χ0v) is 17.0. The minimum Gasteiger partial charge on any atom is -0.496 e. The van der Waals surface area contributed by atoms with Crippen molar-refractivity contribution in [1.29, 1.82) is 0 Å². The molecule has 8 nitrogen and oxygen atoms in total. The van der Waals surface area contributed by atoms with E-state index in [2.05, 4.69) is 33.8 Å². The van der Waals surface area contributed by atoms with Gasteiger partial charge in [0, 0.05) is 30.3 Å². The average Bonchev–Trinajstić information content (AvgIpc) is 3.31. The monoisotopic (exact) mass is 394 g/mol. The summed E-state index contributed by atoms with van der Waals surface area (Å²) in [5.74, 6) is 3.29. The summed E-state index contributed by atoms with van der Waals surface area (Å²) in [5.41, 5.74) is 3.00. The van der Waals surface area contributed by atoms with E-state index in [4.69, 9.17) is 14.5 Å². The van der Waals surface area contributed by atoms with Crippen LogP contribution in [0.1, 0.15) is 30.8 Å². The second-order valence-corrected chi connectivity index (χ2v) is 7.00. The van der Waals surface area contributed by atoms with Crippen LogP contribution in [0.2, 0.25) is 0 Å². The first-order chi connectivity index (χ1) is 14.2. The number of rotatable bonds is 6. The summed E-state index contributed by atoms with van der Waals surface area (Å²) < 4.78 is 13.4. The number of methoxy groups -OCH3 is 1. The number of aliphatic imine (C=N–C) groups is 1. The zero-order valence-electron chi connectivity index (χ0n) is 17.0. The Morgan fingerprint density at radius 2 is 2.21 bits per heavy atom. The molecule has 0 radical (unpaired) electrons. The van der Waals surface area contributed by atoms with Gasteiger partial charge in [-0.15, -0.1) is 10.2 Å². The van der Waals surface area contributed by atoms with Crippen LogP contribution in [0.3, 0.4) is 0 Å². The molecule has 0 aliphatic carbocycles. The minimum atomic E-state index is 0.199. The highest BCUT2D eigenvalue weighted by molar-refractivity contribution is 5.79. The molecule has 1 aliphatic rings. The molecule has 1 aliphatic heterocycles. The highest BCUT2D eigenvalue weighted by atomic mass is 16.5. The van der Waals surface area contributed by atoms with E-state index < -0.39 is 0 Å². The number of hydrogen-bond donors (Lipinski definition) is 2. The summed E-state index contributed by atoms with van der Waals surface area (Å²) in [4.78, 5) is 4.72. The van der Waals surface area contributed by atoms with Crippen LogP contribution in [0.25, 0.3) is 5.65 Å². The molecule has 0 saturated heterocycles. The Kier molecular flexibility index (Phi) is 5.50. The third-order valence-corrected chi connectivity index (χ3v) is 4.85. The van der Waals surface area contributed by atoms with Crippen LogP contribution in [0, 0.1) is 0 Å². The summed E-state index contributed by atoms with van der Waals surface area (Å²) in [7, 11) is 1.69. The van der Waals surface area contributed by atoms with Gasteiger partial charge in [-0.25, -0.2) is 4.99 Å². The Bertz CT molecular complexity index is 1030. The smallest absolute Gasteiger partial charge is 0.191 e. The van der Waals surface area contributed by atoms with E-state index in [9.17, 15) is 0 Å². The van der Waals surface area contributed by atoms with Crippen molar-refractivity contribution in [2.45, 2.75) is 39.5 Å². The van der Waals surface area contributed by atoms with Gasteiger partial charge < -0.3 is 20.1 Å². The Morgan fingerprint density at radius 3 is 3.03 bits per heavy atom. The van der Waals surface area contributed by atoms with Gasteiger partial charge in [0.25, 0.3) is 0 Å². The number of ether oxygens (including phenoxy) is 2. The van der Waals surface area contributed by atoms with Crippen molar-refractivity contribution in [1.82, 2.24) is 25.2 Å². The van der Waals surface area contributed by atoms with Gasteiger partial charge in [-0.2, -0.15) is 0 Å².